The van der Waals surface area contributed by atoms with Crippen LogP contribution in [0.25, 0.3) is 0 Å². The van der Waals surface area contributed by atoms with Crippen molar-refractivity contribution in [1.82, 2.24) is 5.32 Å². The van der Waals surface area contributed by atoms with Gasteiger partial charge in [0.1, 0.15) is 0 Å². The molecule has 0 aliphatic carbocycles. The minimum absolute atomic E-state index is 0.0730. The van der Waals surface area contributed by atoms with Crippen LogP contribution >= 0.6 is 0 Å². The summed E-state index contributed by atoms with van der Waals surface area (Å²) in [5.41, 5.74) is 0. The molecule has 0 fully saturated rings. The van der Waals surface area contributed by atoms with Crippen LogP contribution in [0, 0.1) is 0 Å². The third kappa shape index (κ3) is 48.1. The molecule has 2 unspecified atom stereocenters. The molecule has 0 saturated heterocycles. The van der Waals surface area contributed by atoms with Gasteiger partial charge in [0.25, 0.3) is 0 Å². The molecule has 0 rings (SSSR count). The van der Waals surface area contributed by atoms with Crippen LogP contribution in [-0.4, -0.2) is 34.9 Å². The summed E-state index contributed by atoms with van der Waals surface area (Å²) in [6.45, 7) is 4.19. The second-order valence-corrected chi connectivity index (χ2v) is 17.2. The van der Waals surface area contributed by atoms with Gasteiger partial charge < -0.3 is 15.5 Å². The summed E-state index contributed by atoms with van der Waals surface area (Å²) < 4.78 is 0. The fourth-order valence-electron chi connectivity index (χ4n) is 7.31. The van der Waals surface area contributed by atoms with Gasteiger partial charge in [-0.2, -0.15) is 0 Å². The van der Waals surface area contributed by atoms with Gasteiger partial charge in [-0.1, -0.05) is 252 Å². The fourth-order valence-corrected chi connectivity index (χ4v) is 7.31. The Kier molecular flexibility index (Phi) is 49.9. The highest BCUT2D eigenvalue weighted by Gasteiger charge is 2.18. The molecule has 0 aromatic heterocycles. The van der Waals surface area contributed by atoms with Gasteiger partial charge >= 0.3 is 0 Å². The molecule has 0 bridgehead atoms. The number of aliphatic hydroxyl groups excluding tert-OH is 2. The maximum absolute atomic E-state index is 12.4. The largest absolute Gasteiger partial charge is 0.394 e. The van der Waals surface area contributed by atoms with Crippen LogP contribution in [0.1, 0.15) is 232 Å². The molecular weight excluding hydrogens is 759 g/mol. The zero-order valence-corrected chi connectivity index (χ0v) is 40.6. The maximum atomic E-state index is 12.4. The van der Waals surface area contributed by atoms with Crippen molar-refractivity contribution in [2.75, 3.05) is 6.61 Å². The minimum atomic E-state index is -0.847. The molecular formula is C58H99NO3. The van der Waals surface area contributed by atoms with Gasteiger partial charge in [-0.15, -0.1) is 0 Å². The third-order valence-corrected chi connectivity index (χ3v) is 11.3. The SMILES string of the molecule is CC/C=C\C/C=C\C/C=C\C/C=C\C/C=C\C/C=C\C/C=C\C/C=C\CCCCCCCCCCCCC(=O)NC(CO)C(O)/C=C/CCCCCCCCCCCCCCC. The zero-order valence-electron chi connectivity index (χ0n) is 40.6. The van der Waals surface area contributed by atoms with Gasteiger partial charge in [-0.25, -0.2) is 0 Å². The first-order chi connectivity index (χ1) is 30.7. The lowest BCUT2D eigenvalue weighted by Gasteiger charge is -2.20. The van der Waals surface area contributed by atoms with Crippen LogP contribution in [0.5, 0.6) is 0 Å². The van der Waals surface area contributed by atoms with Gasteiger partial charge in [-0.05, 0) is 83.5 Å². The zero-order chi connectivity index (χ0) is 44.9. The number of aliphatic hydroxyl groups is 2. The van der Waals surface area contributed by atoms with E-state index in [-0.39, 0.29) is 12.5 Å². The van der Waals surface area contributed by atoms with Crippen molar-refractivity contribution in [2.24, 2.45) is 0 Å². The molecule has 3 N–H and O–H groups in total. The Morgan fingerprint density at radius 2 is 0.710 bits per heavy atom. The molecule has 0 aliphatic rings. The Hall–Kier alpha value is -2.95. The minimum Gasteiger partial charge on any atom is -0.394 e. The van der Waals surface area contributed by atoms with Crippen molar-refractivity contribution >= 4 is 5.91 Å². The lowest BCUT2D eigenvalue weighted by Crippen LogP contribution is -2.45. The second-order valence-electron chi connectivity index (χ2n) is 17.2. The Balaban J connectivity index is 3.60. The molecule has 0 aliphatic heterocycles. The first kappa shape index (κ1) is 59.0. The summed E-state index contributed by atoms with van der Waals surface area (Å²) in [5, 5.41) is 23.1. The van der Waals surface area contributed by atoms with E-state index in [1.165, 1.54) is 135 Å². The van der Waals surface area contributed by atoms with E-state index in [4.69, 9.17) is 0 Å². The van der Waals surface area contributed by atoms with Crippen LogP contribution < -0.4 is 5.32 Å². The molecule has 0 spiro atoms. The molecule has 62 heavy (non-hydrogen) atoms. The summed E-state index contributed by atoms with van der Waals surface area (Å²) in [7, 11) is 0. The number of allylic oxidation sites excluding steroid dienone is 17. The van der Waals surface area contributed by atoms with Crippen molar-refractivity contribution in [3.63, 3.8) is 0 Å². The molecule has 354 valence electrons. The van der Waals surface area contributed by atoms with Crippen LogP contribution in [-0.2, 0) is 4.79 Å². The maximum Gasteiger partial charge on any atom is 0.220 e. The fraction of sp³-hybridized carbons (Fsp3) is 0.672. The number of hydrogen-bond acceptors (Lipinski definition) is 3. The van der Waals surface area contributed by atoms with Crippen LogP contribution in [0.15, 0.2) is 109 Å². The summed E-state index contributed by atoms with van der Waals surface area (Å²) in [6, 6.07) is -0.631. The van der Waals surface area contributed by atoms with E-state index in [1.807, 2.05) is 6.08 Å². The third-order valence-electron chi connectivity index (χ3n) is 11.3. The highest BCUT2D eigenvalue weighted by Crippen LogP contribution is 2.15. The van der Waals surface area contributed by atoms with Crippen molar-refractivity contribution < 1.29 is 15.0 Å². The molecule has 1 amide bonds. The molecule has 4 heteroatoms. The molecule has 0 saturated carbocycles. The average Bonchev–Trinajstić information content (AvgIpc) is 3.28. The number of carbonyl (C=O) groups is 1. The van der Waals surface area contributed by atoms with E-state index in [1.54, 1.807) is 6.08 Å². The first-order valence-corrected chi connectivity index (χ1v) is 26.1. The van der Waals surface area contributed by atoms with E-state index >= 15 is 0 Å². The summed E-state index contributed by atoms with van der Waals surface area (Å²) >= 11 is 0. The van der Waals surface area contributed by atoms with Gasteiger partial charge in [0.2, 0.25) is 5.91 Å². The van der Waals surface area contributed by atoms with E-state index in [0.717, 1.165) is 77.0 Å². The topological polar surface area (TPSA) is 69.6 Å². The number of nitrogens with one attached hydrogen (secondary N) is 1. The number of hydrogen-bond donors (Lipinski definition) is 3. The van der Waals surface area contributed by atoms with Crippen LogP contribution in [0.3, 0.4) is 0 Å². The monoisotopic (exact) mass is 858 g/mol. The van der Waals surface area contributed by atoms with E-state index in [9.17, 15) is 15.0 Å². The second kappa shape index (κ2) is 52.4. The van der Waals surface area contributed by atoms with Gasteiger partial charge in [0, 0.05) is 6.42 Å². The summed E-state index contributed by atoms with van der Waals surface area (Å²) in [6.07, 6.45) is 79.3. The smallest absolute Gasteiger partial charge is 0.220 e. The molecule has 0 radical (unpaired) electrons. The van der Waals surface area contributed by atoms with Gasteiger partial charge in [-0.3, -0.25) is 4.79 Å². The van der Waals surface area contributed by atoms with Crippen molar-refractivity contribution in [3.05, 3.63) is 109 Å². The predicted molar refractivity (Wildman–Crippen MR) is 276 cm³/mol. The Morgan fingerprint density at radius 1 is 0.403 bits per heavy atom. The van der Waals surface area contributed by atoms with Crippen molar-refractivity contribution in [1.29, 1.82) is 0 Å². The lowest BCUT2D eigenvalue weighted by molar-refractivity contribution is -0.123. The summed E-state index contributed by atoms with van der Waals surface area (Å²) in [4.78, 5) is 12.4. The normalized spacial score (nSPS) is 13.8. The van der Waals surface area contributed by atoms with Crippen molar-refractivity contribution in [3.8, 4) is 0 Å². The quantitative estimate of drug-likeness (QED) is 0.0422. The number of amides is 1. The number of carbonyl (C=O) groups excluding carboxylic acids is 1. The summed E-state index contributed by atoms with van der Waals surface area (Å²) in [5.74, 6) is -0.0730. The Morgan fingerprint density at radius 3 is 1.06 bits per heavy atom. The lowest BCUT2D eigenvalue weighted by atomic mass is 10.0. The van der Waals surface area contributed by atoms with E-state index in [2.05, 4.69) is 116 Å². The van der Waals surface area contributed by atoms with Crippen molar-refractivity contribution in [2.45, 2.75) is 244 Å². The number of unbranched alkanes of at least 4 members (excludes halogenated alkanes) is 23. The number of rotatable bonds is 46. The molecule has 0 aromatic rings. The van der Waals surface area contributed by atoms with Crippen LogP contribution in [0.2, 0.25) is 0 Å². The Bertz CT molecular complexity index is 1200. The standard InChI is InChI=1S/C58H99NO3/c1-3-5-7-9-11-13-15-17-19-20-21-22-23-24-25-26-27-28-29-30-31-32-33-34-35-36-37-38-40-42-44-46-48-50-52-54-58(62)59-56(55-60)57(61)53-51-49-47-45-43-41-39-18-16-14-12-10-8-6-4-2/h5,7,11,13,17,19,21-22,24-25,27-28,30-31,33-34,51,53,56-57,60-61H,3-4,6,8-10,12,14-16,18,20,23,26,29,32,35-50,52,54-55H2,1-2H3,(H,59,62)/b7-5-,13-11-,19-17-,22-21-,25-24-,28-27-,31-30-,34-33-,53-51+. The first-order valence-electron chi connectivity index (χ1n) is 26.1. The van der Waals surface area contributed by atoms with E-state index < -0.39 is 12.1 Å². The average molecular weight is 858 g/mol. The predicted octanol–water partition coefficient (Wildman–Crippen LogP) is 17.1. The van der Waals surface area contributed by atoms with Gasteiger partial charge in [0.05, 0.1) is 18.8 Å². The highest BCUT2D eigenvalue weighted by atomic mass is 16.3. The van der Waals surface area contributed by atoms with E-state index in [0.29, 0.717) is 6.42 Å². The Labute approximate surface area is 385 Å². The molecule has 0 aromatic carbocycles. The van der Waals surface area contributed by atoms with Crippen LogP contribution in [0.4, 0.5) is 0 Å². The van der Waals surface area contributed by atoms with Gasteiger partial charge in [0.15, 0.2) is 0 Å². The molecule has 0 heterocycles. The molecule has 2 atom stereocenters. The molecule has 4 nitrogen and oxygen atoms in total. The highest BCUT2D eigenvalue weighted by molar-refractivity contribution is 5.76.